The summed E-state index contributed by atoms with van der Waals surface area (Å²) in [4.78, 5) is 17.2. The molecule has 1 N–H and O–H groups in total. The van der Waals surface area contributed by atoms with Crippen LogP contribution in [0.15, 0.2) is 47.1 Å². The Morgan fingerprint density at radius 1 is 1.32 bits per heavy atom. The van der Waals surface area contributed by atoms with E-state index in [0.717, 1.165) is 29.6 Å². The molecule has 6 heteroatoms. The molecule has 5 nitrogen and oxygen atoms in total. The van der Waals surface area contributed by atoms with Gasteiger partial charge in [-0.2, -0.15) is 5.10 Å². The lowest BCUT2D eigenvalue weighted by molar-refractivity contribution is 0.0949. The number of carbonyl (C=O) groups excluding carboxylic acids is 1. The minimum absolute atomic E-state index is 0.137. The third-order valence-electron chi connectivity index (χ3n) is 5.21. The van der Waals surface area contributed by atoms with Crippen molar-refractivity contribution in [2.75, 3.05) is 6.54 Å². The molecule has 1 aliphatic rings. The van der Waals surface area contributed by atoms with Crippen molar-refractivity contribution in [3.8, 4) is 0 Å². The number of benzene rings is 1. The summed E-state index contributed by atoms with van der Waals surface area (Å²) < 4.78 is 2.57. The van der Waals surface area contributed by atoms with Crippen LogP contribution in [0.5, 0.6) is 0 Å². The molecule has 0 aliphatic heterocycles. The largest absolute Gasteiger partial charge is 0.350 e. The summed E-state index contributed by atoms with van der Waals surface area (Å²) in [6.45, 7) is 4.73. The lowest BCUT2D eigenvalue weighted by Gasteiger charge is -2.11. The summed E-state index contributed by atoms with van der Waals surface area (Å²) in [5.74, 6) is 0.335. The van der Waals surface area contributed by atoms with Crippen molar-refractivity contribution in [2.45, 2.75) is 39.0 Å². The van der Waals surface area contributed by atoms with E-state index >= 15 is 0 Å². The summed E-state index contributed by atoms with van der Waals surface area (Å²) in [5, 5.41) is 7.47. The normalized spacial score (nSPS) is 14.5. The van der Waals surface area contributed by atoms with Gasteiger partial charge in [-0.05, 0) is 71.8 Å². The number of hydrogen-bond donors (Lipinski definition) is 1. The van der Waals surface area contributed by atoms with Gasteiger partial charge in [-0.1, -0.05) is 30.3 Å². The highest BCUT2D eigenvalue weighted by Crippen LogP contribution is 2.40. The van der Waals surface area contributed by atoms with E-state index < -0.39 is 0 Å². The third kappa shape index (κ3) is 3.87. The van der Waals surface area contributed by atoms with Crippen molar-refractivity contribution in [1.82, 2.24) is 19.9 Å². The van der Waals surface area contributed by atoms with Crippen LogP contribution in [0.3, 0.4) is 0 Å². The summed E-state index contributed by atoms with van der Waals surface area (Å²) in [6.07, 6.45) is 5.17. The maximum atomic E-state index is 12.7. The van der Waals surface area contributed by atoms with E-state index in [1.165, 1.54) is 16.7 Å². The molecule has 1 aliphatic carbocycles. The maximum Gasteiger partial charge on any atom is 0.270 e. The Hall–Kier alpha value is -2.47. The number of carbonyl (C=O) groups is 1. The first-order valence-corrected chi connectivity index (χ1v) is 10.4. The highest BCUT2D eigenvalue weighted by atomic mass is 79.9. The van der Waals surface area contributed by atoms with Crippen molar-refractivity contribution in [1.29, 1.82) is 0 Å². The topological polar surface area (TPSA) is 59.3 Å². The van der Waals surface area contributed by atoms with Crippen LogP contribution >= 0.6 is 15.9 Å². The van der Waals surface area contributed by atoms with Gasteiger partial charge in [0.15, 0.2) is 5.65 Å². The van der Waals surface area contributed by atoms with Gasteiger partial charge in [0.25, 0.3) is 5.91 Å². The quantitative estimate of drug-likeness (QED) is 0.602. The number of rotatable bonds is 6. The zero-order valence-corrected chi connectivity index (χ0v) is 17.7. The molecule has 3 aromatic rings. The highest BCUT2D eigenvalue weighted by Gasteiger charge is 2.28. The Kier molecular flexibility index (Phi) is 5.31. The first-order chi connectivity index (χ1) is 13.6. The fraction of sp³-hybridized carbons (Fsp3) is 0.318. The molecule has 2 heterocycles. The summed E-state index contributed by atoms with van der Waals surface area (Å²) >= 11 is 3.40. The van der Waals surface area contributed by atoms with Gasteiger partial charge in [-0.15, -0.1) is 0 Å². The van der Waals surface area contributed by atoms with E-state index in [2.05, 4.69) is 56.5 Å². The van der Waals surface area contributed by atoms with Crippen LogP contribution in [0.4, 0.5) is 0 Å². The molecule has 4 rings (SSSR count). The number of fused-ring (bicyclic) bond motifs is 1. The molecule has 28 heavy (non-hydrogen) atoms. The molecule has 0 spiro atoms. The second-order valence-corrected chi connectivity index (χ2v) is 8.02. The predicted molar refractivity (Wildman–Crippen MR) is 114 cm³/mol. The molecule has 1 fully saturated rings. The zero-order chi connectivity index (χ0) is 19.7. The second-order valence-electron chi connectivity index (χ2n) is 7.21. The average molecular weight is 439 g/mol. The van der Waals surface area contributed by atoms with E-state index in [1.54, 1.807) is 0 Å². The number of halogens is 1. The van der Waals surface area contributed by atoms with Gasteiger partial charge in [-0.25, -0.2) is 9.50 Å². The van der Waals surface area contributed by atoms with Gasteiger partial charge >= 0.3 is 0 Å². The highest BCUT2D eigenvalue weighted by molar-refractivity contribution is 9.10. The van der Waals surface area contributed by atoms with Gasteiger partial charge in [0.2, 0.25) is 0 Å². The predicted octanol–water partition coefficient (Wildman–Crippen LogP) is 4.76. The van der Waals surface area contributed by atoms with Crippen LogP contribution < -0.4 is 5.32 Å². The molecule has 0 saturated heterocycles. The minimum Gasteiger partial charge on any atom is -0.350 e. The fourth-order valence-electron chi connectivity index (χ4n) is 3.44. The number of amides is 1. The molecular formula is C22H23BrN4O. The number of aromatic nitrogens is 3. The lowest BCUT2D eigenvalue weighted by Crippen LogP contribution is -2.27. The maximum absolute atomic E-state index is 12.7. The average Bonchev–Trinajstić information content (AvgIpc) is 3.47. The molecule has 0 atom stereocenters. The molecule has 144 valence electrons. The van der Waals surface area contributed by atoms with Crippen molar-refractivity contribution >= 4 is 33.1 Å². The Labute approximate surface area is 173 Å². The Balaban J connectivity index is 1.49. The monoisotopic (exact) mass is 438 g/mol. The number of nitrogens with zero attached hydrogens (tertiary/aromatic N) is 3. The molecule has 0 bridgehead atoms. The van der Waals surface area contributed by atoms with E-state index in [9.17, 15) is 4.79 Å². The van der Waals surface area contributed by atoms with Crippen molar-refractivity contribution in [2.24, 2.45) is 0 Å². The molecule has 0 radical (unpaired) electrons. The van der Waals surface area contributed by atoms with Gasteiger partial charge in [0, 0.05) is 24.2 Å². The molecule has 1 amide bonds. The second kappa shape index (κ2) is 7.87. The van der Waals surface area contributed by atoms with Crippen molar-refractivity contribution in [3.63, 3.8) is 0 Å². The van der Waals surface area contributed by atoms with E-state index in [1.807, 2.05) is 35.7 Å². The van der Waals surface area contributed by atoms with Crippen molar-refractivity contribution in [3.05, 3.63) is 69.6 Å². The zero-order valence-electron chi connectivity index (χ0n) is 16.1. The van der Waals surface area contributed by atoms with Crippen LogP contribution in [0.25, 0.3) is 11.2 Å². The first kappa shape index (κ1) is 18.9. The van der Waals surface area contributed by atoms with E-state index in [-0.39, 0.29) is 5.91 Å². The van der Waals surface area contributed by atoms with Crippen LogP contribution in [-0.4, -0.2) is 27.0 Å². The Morgan fingerprint density at radius 3 is 2.86 bits per heavy atom. The third-order valence-corrected chi connectivity index (χ3v) is 5.60. The fourth-order valence-corrected chi connectivity index (χ4v) is 3.80. The molecule has 2 aromatic heterocycles. The number of hydrogen-bond acceptors (Lipinski definition) is 3. The van der Waals surface area contributed by atoms with Gasteiger partial charge in [0.05, 0.1) is 0 Å². The van der Waals surface area contributed by atoms with Crippen molar-refractivity contribution < 1.29 is 4.79 Å². The summed E-state index contributed by atoms with van der Waals surface area (Å²) in [7, 11) is 0. The smallest absolute Gasteiger partial charge is 0.270 e. The number of allylic oxidation sites excluding steroid dienone is 2. The van der Waals surface area contributed by atoms with Gasteiger partial charge in [-0.3, -0.25) is 4.79 Å². The Bertz CT molecular complexity index is 1070. The standard InChI is InChI=1S/C22H23BrN4O/c1-3-14(2)17-7-5-4-6-15(17)10-11-24-22(28)18-12-19(16-8-9-16)27-21(25-18)13-20(23)26-27/h3-7,12-13,16H,8-11H2,1-2H3,(H,24,28)/b14-3-. The van der Waals surface area contributed by atoms with E-state index in [4.69, 9.17) is 0 Å². The van der Waals surface area contributed by atoms with Gasteiger partial charge < -0.3 is 5.32 Å². The Morgan fingerprint density at radius 2 is 2.11 bits per heavy atom. The minimum atomic E-state index is -0.137. The van der Waals surface area contributed by atoms with Crippen LogP contribution in [0, 0.1) is 0 Å². The van der Waals surface area contributed by atoms with Crippen LogP contribution in [-0.2, 0) is 6.42 Å². The summed E-state index contributed by atoms with van der Waals surface area (Å²) in [6, 6.07) is 12.1. The van der Waals surface area contributed by atoms with Crippen LogP contribution in [0.1, 0.15) is 59.9 Å². The number of nitrogens with one attached hydrogen (secondary N) is 1. The lowest BCUT2D eigenvalue weighted by atomic mass is 9.98. The molecule has 1 aromatic carbocycles. The summed E-state index contributed by atoms with van der Waals surface area (Å²) in [5.41, 5.74) is 5.94. The molecule has 1 saturated carbocycles. The van der Waals surface area contributed by atoms with Gasteiger partial charge in [0.1, 0.15) is 10.3 Å². The molecule has 0 unspecified atom stereocenters. The SMILES string of the molecule is C/C=C(/C)c1ccccc1CCNC(=O)c1cc(C2CC2)n2nc(Br)cc2n1. The van der Waals surface area contributed by atoms with E-state index in [0.29, 0.717) is 23.8 Å². The van der Waals surface area contributed by atoms with Crippen LogP contribution in [0.2, 0.25) is 0 Å². The first-order valence-electron chi connectivity index (χ1n) is 9.62. The molecular weight excluding hydrogens is 416 g/mol.